The normalized spacial score (nSPS) is 19.1. The van der Waals surface area contributed by atoms with Crippen molar-refractivity contribution in [3.8, 4) is 0 Å². The first-order valence-corrected chi connectivity index (χ1v) is 7.38. The summed E-state index contributed by atoms with van der Waals surface area (Å²) >= 11 is 0. The van der Waals surface area contributed by atoms with Crippen molar-refractivity contribution in [2.45, 2.75) is 65.1 Å². The highest BCUT2D eigenvalue weighted by atomic mass is 16.6. The fourth-order valence-corrected chi connectivity index (χ4v) is 2.32. The second-order valence-corrected chi connectivity index (χ2v) is 7.79. The maximum atomic E-state index is 12.6. The lowest BCUT2D eigenvalue weighted by Gasteiger charge is -2.42. The minimum atomic E-state index is -0.990. The van der Waals surface area contributed by atoms with Crippen LogP contribution in [-0.4, -0.2) is 53.2 Å². The van der Waals surface area contributed by atoms with E-state index in [1.54, 1.807) is 39.5 Å². The fraction of sp³-hybridized carbons (Fsp3) is 0.867. The third-order valence-electron chi connectivity index (χ3n) is 3.21. The van der Waals surface area contributed by atoms with Crippen LogP contribution >= 0.6 is 0 Å². The Morgan fingerprint density at radius 1 is 1.19 bits per heavy atom. The molecule has 21 heavy (non-hydrogen) atoms. The number of hydrogen-bond acceptors (Lipinski definition) is 4. The van der Waals surface area contributed by atoms with Gasteiger partial charge in [-0.15, -0.1) is 0 Å². The summed E-state index contributed by atoms with van der Waals surface area (Å²) in [6.45, 7) is 14.9. The molecule has 1 aliphatic rings. The van der Waals surface area contributed by atoms with Crippen LogP contribution in [0.15, 0.2) is 0 Å². The summed E-state index contributed by atoms with van der Waals surface area (Å²) < 4.78 is 5.22. The Balaban J connectivity index is 2.69. The summed E-state index contributed by atoms with van der Waals surface area (Å²) in [5.74, 6) is -0.0945. The molecule has 1 fully saturated rings. The molecule has 0 bridgehead atoms. The van der Waals surface area contributed by atoms with Crippen LogP contribution in [0.2, 0.25) is 0 Å². The van der Waals surface area contributed by atoms with Crippen molar-refractivity contribution < 1.29 is 14.3 Å². The molecule has 1 rings (SSSR count). The maximum Gasteiger partial charge on any atom is 0.408 e. The molecule has 0 saturated carbocycles. The molecule has 0 aromatic rings. The van der Waals surface area contributed by atoms with Gasteiger partial charge in [-0.05, 0) is 48.5 Å². The Labute approximate surface area is 127 Å². The average molecular weight is 299 g/mol. The van der Waals surface area contributed by atoms with E-state index in [1.807, 2.05) is 0 Å². The first kappa shape index (κ1) is 17.8. The molecule has 0 radical (unpaired) electrons. The molecule has 1 saturated heterocycles. The number of nitrogens with one attached hydrogen (secondary N) is 2. The number of carbonyl (C=O) groups is 2. The largest absolute Gasteiger partial charge is 0.444 e. The van der Waals surface area contributed by atoms with Crippen molar-refractivity contribution in [2.75, 3.05) is 19.6 Å². The van der Waals surface area contributed by atoms with E-state index >= 15 is 0 Å². The number of piperazine rings is 1. The third-order valence-corrected chi connectivity index (χ3v) is 3.21. The van der Waals surface area contributed by atoms with E-state index in [9.17, 15) is 9.59 Å². The van der Waals surface area contributed by atoms with Crippen LogP contribution in [0.1, 0.15) is 48.5 Å². The Morgan fingerprint density at radius 3 is 2.24 bits per heavy atom. The van der Waals surface area contributed by atoms with Crippen LogP contribution < -0.4 is 10.6 Å². The predicted molar refractivity (Wildman–Crippen MR) is 82.1 cm³/mol. The third kappa shape index (κ3) is 5.53. The van der Waals surface area contributed by atoms with Crippen molar-refractivity contribution in [3.63, 3.8) is 0 Å². The van der Waals surface area contributed by atoms with E-state index in [0.717, 1.165) is 6.54 Å². The van der Waals surface area contributed by atoms with Crippen molar-refractivity contribution in [1.82, 2.24) is 15.5 Å². The van der Waals surface area contributed by atoms with E-state index in [0.29, 0.717) is 13.1 Å². The van der Waals surface area contributed by atoms with Gasteiger partial charge in [0.05, 0.1) is 0 Å². The molecule has 0 aromatic heterocycles. The van der Waals surface area contributed by atoms with Crippen LogP contribution in [0.4, 0.5) is 4.79 Å². The monoisotopic (exact) mass is 299 g/mol. The molecule has 0 aromatic carbocycles. The van der Waals surface area contributed by atoms with Gasteiger partial charge in [0.2, 0.25) is 5.91 Å². The molecule has 2 N–H and O–H groups in total. The summed E-state index contributed by atoms with van der Waals surface area (Å²) in [6, 6.07) is 0. The number of hydrogen-bond donors (Lipinski definition) is 2. The van der Waals surface area contributed by atoms with Gasteiger partial charge in [-0.25, -0.2) is 4.79 Å². The van der Waals surface area contributed by atoms with Gasteiger partial charge in [0, 0.05) is 25.2 Å². The molecule has 1 aliphatic heterocycles. The standard InChI is InChI=1S/C15H29N3O3/c1-13(2,3)21-12(20)17-15(6,7)11(19)18-9-8-16-14(4,5)10-18/h16H,8-10H2,1-7H3,(H,17,20). The zero-order chi connectivity index (χ0) is 16.5. The number of ether oxygens (including phenoxy) is 1. The van der Waals surface area contributed by atoms with Crippen LogP contribution in [0.5, 0.6) is 0 Å². The Hall–Kier alpha value is -1.30. The molecule has 6 nitrogen and oxygen atoms in total. The zero-order valence-corrected chi connectivity index (χ0v) is 14.3. The van der Waals surface area contributed by atoms with Crippen LogP contribution in [0.3, 0.4) is 0 Å². The highest BCUT2D eigenvalue weighted by molar-refractivity contribution is 5.89. The number of amides is 2. The van der Waals surface area contributed by atoms with E-state index in [2.05, 4.69) is 24.5 Å². The lowest BCUT2D eigenvalue weighted by Crippen LogP contribution is -2.64. The molecule has 0 atom stereocenters. The number of rotatable bonds is 2. The number of carbonyl (C=O) groups excluding carboxylic acids is 2. The average Bonchev–Trinajstić information content (AvgIpc) is 2.22. The maximum absolute atomic E-state index is 12.6. The second-order valence-electron chi connectivity index (χ2n) is 7.79. The minimum absolute atomic E-state index is 0.0945. The quantitative estimate of drug-likeness (QED) is 0.810. The fourth-order valence-electron chi connectivity index (χ4n) is 2.32. The minimum Gasteiger partial charge on any atom is -0.444 e. The van der Waals surface area contributed by atoms with Crippen molar-refractivity contribution in [1.29, 1.82) is 0 Å². The second kappa shape index (κ2) is 5.83. The summed E-state index contributed by atoms with van der Waals surface area (Å²) in [4.78, 5) is 26.3. The molecule has 2 amide bonds. The first-order valence-electron chi connectivity index (χ1n) is 7.38. The molecule has 1 heterocycles. The first-order chi connectivity index (χ1) is 9.32. The van der Waals surface area contributed by atoms with Crippen LogP contribution in [0, 0.1) is 0 Å². The van der Waals surface area contributed by atoms with E-state index < -0.39 is 17.2 Å². The van der Waals surface area contributed by atoms with Crippen molar-refractivity contribution in [3.05, 3.63) is 0 Å². The Bertz CT molecular complexity index is 411. The van der Waals surface area contributed by atoms with E-state index in [1.165, 1.54) is 0 Å². The van der Waals surface area contributed by atoms with Gasteiger partial charge < -0.3 is 20.3 Å². The SMILES string of the molecule is CC1(C)CN(C(=O)C(C)(C)NC(=O)OC(C)(C)C)CCN1. The lowest BCUT2D eigenvalue weighted by atomic mass is 9.98. The van der Waals surface area contributed by atoms with Crippen molar-refractivity contribution >= 4 is 12.0 Å². The summed E-state index contributed by atoms with van der Waals surface area (Å²) in [6.07, 6.45) is -0.574. The van der Waals surface area contributed by atoms with Gasteiger partial charge in [0.25, 0.3) is 0 Å². The number of nitrogens with zero attached hydrogens (tertiary/aromatic N) is 1. The van der Waals surface area contributed by atoms with Gasteiger partial charge in [0.1, 0.15) is 11.1 Å². The summed E-state index contributed by atoms with van der Waals surface area (Å²) in [7, 11) is 0. The summed E-state index contributed by atoms with van der Waals surface area (Å²) in [5.41, 5.74) is -1.69. The van der Waals surface area contributed by atoms with E-state index in [-0.39, 0.29) is 11.4 Å². The van der Waals surface area contributed by atoms with Crippen LogP contribution in [-0.2, 0) is 9.53 Å². The molecular weight excluding hydrogens is 270 g/mol. The van der Waals surface area contributed by atoms with Gasteiger partial charge >= 0.3 is 6.09 Å². The molecular formula is C15H29N3O3. The topological polar surface area (TPSA) is 70.7 Å². The molecule has 0 spiro atoms. The zero-order valence-electron chi connectivity index (χ0n) is 14.3. The lowest BCUT2D eigenvalue weighted by molar-refractivity contribution is -0.139. The van der Waals surface area contributed by atoms with Crippen LogP contribution in [0.25, 0.3) is 0 Å². The predicted octanol–water partition coefficient (Wildman–Crippen LogP) is 1.50. The molecule has 6 heteroatoms. The van der Waals surface area contributed by atoms with Gasteiger partial charge in [-0.2, -0.15) is 0 Å². The highest BCUT2D eigenvalue weighted by Gasteiger charge is 2.38. The van der Waals surface area contributed by atoms with Gasteiger partial charge in [0.15, 0.2) is 0 Å². The smallest absolute Gasteiger partial charge is 0.408 e. The Morgan fingerprint density at radius 2 is 1.76 bits per heavy atom. The Kier molecular flexibility index (Phi) is 4.93. The van der Waals surface area contributed by atoms with Crippen molar-refractivity contribution in [2.24, 2.45) is 0 Å². The summed E-state index contributed by atoms with van der Waals surface area (Å²) in [5, 5.41) is 6.03. The molecule has 0 aliphatic carbocycles. The highest BCUT2D eigenvalue weighted by Crippen LogP contribution is 2.16. The number of alkyl carbamates (subject to hydrolysis) is 1. The van der Waals surface area contributed by atoms with Gasteiger partial charge in [-0.1, -0.05) is 0 Å². The van der Waals surface area contributed by atoms with Gasteiger partial charge in [-0.3, -0.25) is 4.79 Å². The molecule has 122 valence electrons. The van der Waals surface area contributed by atoms with E-state index in [4.69, 9.17) is 4.74 Å². The molecule has 0 unspecified atom stereocenters.